The van der Waals surface area contributed by atoms with E-state index >= 15 is 0 Å². The molecule has 2 aromatic heterocycles. The normalized spacial score (nSPS) is 10.2. The highest BCUT2D eigenvalue weighted by Crippen LogP contribution is 2.23. The smallest absolute Gasteiger partial charge is 0.190 e. The molecule has 0 saturated carbocycles. The van der Waals surface area contributed by atoms with Crippen molar-refractivity contribution in [2.45, 2.75) is 0 Å². The van der Waals surface area contributed by atoms with Gasteiger partial charge < -0.3 is 0 Å². The van der Waals surface area contributed by atoms with Gasteiger partial charge in [-0.2, -0.15) is 5.26 Å². The molecule has 3 rings (SSSR count). The van der Waals surface area contributed by atoms with Crippen molar-refractivity contribution in [1.29, 1.82) is 5.26 Å². The standard InChI is InChI=1S/C13H7N5/c14-8-10-12-13(16-7-6-15-12)11(18-17-10)9-4-2-1-3-5-9/h1-7H. The summed E-state index contributed by atoms with van der Waals surface area (Å²) in [7, 11) is 0. The van der Waals surface area contributed by atoms with Crippen LogP contribution in [0.4, 0.5) is 0 Å². The molecule has 18 heavy (non-hydrogen) atoms. The molecule has 0 aliphatic rings. The second-order valence-electron chi connectivity index (χ2n) is 3.63. The molecule has 0 N–H and O–H groups in total. The maximum Gasteiger partial charge on any atom is 0.190 e. The van der Waals surface area contributed by atoms with Crippen LogP contribution in [0, 0.1) is 11.3 Å². The number of rotatable bonds is 1. The summed E-state index contributed by atoms with van der Waals surface area (Å²) in [4.78, 5) is 8.40. The van der Waals surface area contributed by atoms with Crippen LogP contribution in [0.2, 0.25) is 0 Å². The van der Waals surface area contributed by atoms with E-state index in [-0.39, 0.29) is 5.69 Å². The number of hydrogen-bond donors (Lipinski definition) is 0. The molecule has 0 bridgehead atoms. The highest BCUT2D eigenvalue weighted by Gasteiger charge is 2.12. The van der Waals surface area contributed by atoms with Crippen molar-refractivity contribution in [3.05, 3.63) is 48.4 Å². The molecule has 0 aliphatic heterocycles. The van der Waals surface area contributed by atoms with Crippen molar-refractivity contribution in [3.8, 4) is 17.3 Å². The first-order valence-corrected chi connectivity index (χ1v) is 5.33. The van der Waals surface area contributed by atoms with Gasteiger partial charge >= 0.3 is 0 Å². The molecule has 0 radical (unpaired) electrons. The van der Waals surface area contributed by atoms with Gasteiger partial charge in [0.15, 0.2) is 5.69 Å². The topological polar surface area (TPSA) is 75.3 Å². The molecule has 0 atom stereocenters. The largest absolute Gasteiger partial charge is 0.251 e. The average Bonchev–Trinajstić information content (AvgIpc) is 2.47. The maximum absolute atomic E-state index is 8.98. The number of nitriles is 1. The predicted octanol–water partition coefficient (Wildman–Crippen LogP) is 1.96. The van der Waals surface area contributed by atoms with Gasteiger partial charge in [-0.15, -0.1) is 10.2 Å². The Morgan fingerprint density at radius 1 is 0.889 bits per heavy atom. The molecule has 2 heterocycles. The molecule has 84 valence electrons. The minimum Gasteiger partial charge on any atom is -0.251 e. The van der Waals surface area contributed by atoms with Crippen LogP contribution < -0.4 is 0 Å². The van der Waals surface area contributed by atoms with Crippen molar-refractivity contribution in [1.82, 2.24) is 20.2 Å². The quantitative estimate of drug-likeness (QED) is 0.642. The lowest BCUT2D eigenvalue weighted by atomic mass is 10.1. The molecular formula is C13H7N5. The fourth-order valence-electron chi connectivity index (χ4n) is 1.75. The van der Waals surface area contributed by atoms with Gasteiger partial charge in [-0.05, 0) is 0 Å². The molecule has 3 aromatic rings. The summed E-state index contributed by atoms with van der Waals surface area (Å²) < 4.78 is 0. The number of nitrogens with zero attached hydrogens (tertiary/aromatic N) is 5. The van der Waals surface area contributed by atoms with E-state index in [2.05, 4.69) is 20.2 Å². The van der Waals surface area contributed by atoms with Crippen LogP contribution in [0.1, 0.15) is 5.69 Å². The van der Waals surface area contributed by atoms with Gasteiger partial charge in [0, 0.05) is 18.0 Å². The van der Waals surface area contributed by atoms with Gasteiger partial charge in [-0.25, -0.2) is 4.98 Å². The van der Waals surface area contributed by atoms with Crippen LogP contribution in [-0.4, -0.2) is 20.2 Å². The van der Waals surface area contributed by atoms with Crippen LogP contribution >= 0.6 is 0 Å². The fourth-order valence-corrected chi connectivity index (χ4v) is 1.75. The lowest BCUT2D eigenvalue weighted by molar-refractivity contribution is 1.02. The van der Waals surface area contributed by atoms with Gasteiger partial charge in [0.2, 0.25) is 0 Å². The highest BCUT2D eigenvalue weighted by atomic mass is 15.1. The average molecular weight is 233 g/mol. The summed E-state index contributed by atoms with van der Waals surface area (Å²) in [6.45, 7) is 0. The Balaban J connectivity index is 2.36. The van der Waals surface area contributed by atoms with E-state index in [9.17, 15) is 0 Å². The first kappa shape index (κ1) is 10.3. The molecule has 0 amide bonds. The van der Waals surface area contributed by atoms with E-state index in [1.54, 1.807) is 12.4 Å². The number of fused-ring (bicyclic) bond motifs is 1. The molecule has 0 spiro atoms. The Hall–Kier alpha value is -2.87. The first-order valence-electron chi connectivity index (χ1n) is 5.33. The monoisotopic (exact) mass is 233 g/mol. The SMILES string of the molecule is N#Cc1nnc(-c2ccccc2)c2nccnc12. The predicted molar refractivity (Wildman–Crippen MR) is 65.3 cm³/mol. The maximum atomic E-state index is 8.98. The number of hydrogen-bond acceptors (Lipinski definition) is 5. The molecular weight excluding hydrogens is 226 g/mol. The Labute approximate surface area is 103 Å². The summed E-state index contributed by atoms with van der Waals surface area (Å²) in [5, 5.41) is 16.9. The molecule has 0 unspecified atom stereocenters. The van der Waals surface area contributed by atoms with Gasteiger partial charge in [0.05, 0.1) is 0 Å². The molecule has 0 fully saturated rings. The second kappa shape index (κ2) is 4.18. The van der Waals surface area contributed by atoms with Crippen molar-refractivity contribution in [2.24, 2.45) is 0 Å². The van der Waals surface area contributed by atoms with Crippen molar-refractivity contribution >= 4 is 11.0 Å². The van der Waals surface area contributed by atoms with Crippen LogP contribution in [0.15, 0.2) is 42.7 Å². The van der Waals surface area contributed by atoms with Crippen LogP contribution in [0.5, 0.6) is 0 Å². The Morgan fingerprint density at radius 2 is 1.61 bits per heavy atom. The Kier molecular flexibility index (Phi) is 2.39. The van der Waals surface area contributed by atoms with Crippen LogP contribution in [0.25, 0.3) is 22.3 Å². The van der Waals surface area contributed by atoms with Gasteiger partial charge in [-0.1, -0.05) is 30.3 Å². The Bertz CT molecular complexity index is 746. The van der Waals surface area contributed by atoms with Gasteiger partial charge in [0.1, 0.15) is 22.8 Å². The molecule has 5 heteroatoms. The molecule has 5 nitrogen and oxygen atoms in total. The number of aromatic nitrogens is 4. The van der Waals surface area contributed by atoms with Crippen molar-refractivity contribution in [3.63, 3.8) is 0 Å². The summed E-state index contributed by atoms with van der Waals surface area (Å²) in [6.07, 6.45) is 3.12. The molecule has 0 saturated heterocycles. The third-order valence-corrected chi connectivity index (χ3v) is 2.55. The van der Waals surface area contributed by atoms with E-state index in [0.717, 1.165) is 5.56 Å². The van der Waals surface area contributed by atoms with E-state index in [0.29, 0.717) is 16.7 Å². The zero-order chi connectivity index (χ0) is 12.4. The summed E-state index contributed by atoms with van der Waals surface area (Å²) in [6, 6.07) is 11.6. The van der Waals surface area contributed by atoms with E-state index in [4.69, 9.17) is 5.26 Å². The van der Waals surface area contributed by atoms with Crippen molar-refractivity contribution in [2.75, 3.05) is 0 Å². The second-order valence-corrected chi connectivity index (χ2v) is 3.63. The van der Waals surface area contributed by atoms with Crippen LogP contribution in [0.3, 0.4) is 0 Å². The van der Waals surface area contributed by atoms with E-state index in [1.165, 1.54) is 0 Å². The van der Waals surface area contributed by atoms with Gasteiger partial charge in [0.25, 0.3) is 0 Å². The zero-order valence-corrected chi connectivity index (χ0v) is 9.28. The minimum absolute atomic E-state index is 0.192. The summed E-state index contributed by atoms with van der Waals surface area (Å²) >= 11 is 0. The van der Waals surface area contributed by atoms with Crippen molar-refractivity contribution < 1.29 is 0 Å². The van der Waals surface area contributed by atoms with Crippen LogP contribution in [-0.2, 0) is 0 Å². The fraction of sp³-hybridized carbons (Fsp3) is 0. The number of benzene rings is 1. The first-order chi connectivity index (χ1) is 8.90. The lowest BCUT2D eigenvalue weighted by Crippen LogP contribution is -1.97. The minimum atomic E-state index is 0.192. The lowest BCUT2D eigenvalue weighted by Gasteiger charge is -2.03. The van der Waals surface area contributed by atoms with E-state index < -0.39 is 0 Å². The summed E-state index contributed by atoms with van der Waals surface area (Å²) in [5.74, 6) is 0. The van der Waals surface area contributed by atoms with E-state index in [1.807, 2.05) is 36.4 Å². The Morgan fingerprint density at radius 3 is 2.33 bits per heavy atom. The van der Waals surface area contributed by atoms with Gasteiger partial charge in [-0.3, -0.25) is 4.98 Å². The third kappa shape index (κ3) is 1.57. The zero-order valence-electron chi connectivity index (χ0n) is 9.28. The molecule has 0 aliphatic carbocycles. The summed E-state index contributed by atoms with van der Waals surface area (Å²) in [5.41, 5.74) is 2.81. The highest BCUT2D eigenvalue weighted by molar-refractivity contribution is 5.90. The third-order valence-electron chi connectivity index (χ3n) is 2.55. The molecule has 1 aromatic carbocycles.